The molecular weight excluding hydrogens is 460 g/mol. The lowest BCUT2D eigenvalue weighted by molar-refractivity contribution is 0.0523. The van der Waals surface area contributed by atoms with Gasteiger partial charge in [0.2, 0.25) is 0 Å². The lowest BCUT2D eigenvalue weighted by Gasteiger charge is -2.15. The molecule has 0 N–H and O–H groups in total. The van der Waals surface area contributed by atoms with Crippen LogP contribution in [0.3, 0.4) is 0 Å². The van der Waals surface area contributed by atoms with Gasteiger partial charge in [-0.05, 0) is 57.5 Å². The fourth-order valence-electron chi connectivity index (χ4n) is 3.90. The Bertz CT molecular complexity index is 1550. The minimum atomic E-state index is -0.675. The summed E-state index contributed by atoms with van der Waals surface area (Å²) >= 11 is 0. The van der Waals surface area contributed by atoms with Crippen molar-refractivity contribution in [2.75, 3.05) is 19.8 Å². The van der Waals surface area contributed by atoms with E-state index in [1.54, 1.807) is 48.0 Å². The molecule has 0 aliphatic heterocycles. The molecule has 4 rings (SSSR count). The van der Waals surface area contributed by atoms with Crippen LogP contribution < -0.4 is 11.0 Å². The molecule has 0 atom stereocenters. The van der Waals surface area contributed by atoms with Gasteiger partial charge in [0.15, 0.2) is 5.49 Å². The molecule has 9 heteroatoms. The number of carbonyl (C=O) groups is 2. The zero-order valence-electron chi connectivity index (χ0n) is 20.6. The van der Waals surface area contributed by atoms with Crippen molar-refractivity contribution in [2.24, 2.45) is 4.99 Å². The molecule has 0 aliphatic rings. The number of nitrogens with zero attached hydrogens (tertiary/aromatic N) is 4. The number of esters is 1. The smallest absolute Gasteiger partial charge is 0.341 e. The number of benzene rings is 1. The summed E-state index contributed by atoms with van der Waals surface area (Å²) in [5, 5.41) is 0.222. The van der Waals surface area contributed by atoms with Crippen LogP contribution in [-0.2, 0) is 16.0 Å². The van der Waals surface area contributed by atoms with Gasteiger partial charge >= 0.3 is 5.97 Å². The summed E-state index contributed by atoms with van der Waals surface area (Å²) in [5.41, 5.74) is 1.93. The van der Waals surface area contributed by atoms with Gasteiger partial charge in [-0.25, -0.2) is 9.78 Å². The van der Waals surface area contributed by atoms with Crippen LogP contribution in [0.5, 0.6) is 0 Å². The number of hydrogen-bond donors (Lipinski definition) is 0. The van der Waals surface area contributed by atoms with Crippen molar-refractivity contribution < 1.29 is 19.1 Å². The van der Waals surface area contributed by atoms with E-state index in [1.165, 1.54) is 10.5 Å². The summed E-state index contributed by atoms with van der Waals surface area (Å²) in [4.78, 5) is 48.6. The third-order valence-corrected chi connectivity index (χ3v) is 5.67. The Morgan fingerprint density at radius 3 is 2.56 bits per heavy atom. The molecule has 0 unspecified atom stereocenters. The predicted octanol–water partition coefficient (Wildman–Crippen LogP) is 3.30. The number of rotatable bonds is 8. The Hall–Kier alpha value is -4.11. The average Bonchev–Trinajstić information content (AvgIpc) is 2.88. The highest BCUT2D eigenvalue weighted by molar-refractivity contribution is 5.97. The lowest BCUT2D eigenvalue weighted by atomic mass is 10.1. The van der Waals surface area contributed by atoms with E-state index < -0.39 is 11.9 Å². The van der Waals surface area contributed by atoms with Crippen molar-refractivity contribution in [3.63, 3.8) is 0 Å². The monoisotopic (exact) mass is 488 g/mol. The van der Waals surface area contributed by atoms with Crippen molar-refractivity contribution in [2.45, 2.75) is 33.7 Å². The van der Waals surface area contributed by atoms with E-state index in [0.29, 0.717) is 43.0 Å². The molecule has 0 spiro atoms. The van der Waals surface area contributed by atoms with Crippen LogP contribution in [0.15, 0.2) is 64.5 Å². The van der Waals surface area contributed by atoms with E-state index >= 15 is 0 Å². The number of amides is 1. The van der Waals surface area contributed by atoms with Crippen LogP contribution in [0.1, 0.15) is 46.5 Å². The largest absolute Gasteiger partial charge is 0.462 e. The van der Waals surface area contributed by atoms with Gasteiger partial charge in [0, 0.05) is 31.5 Å². The van der Waals surface area contributed by atoms with E-state index in [0.717, 1.165) is 5.56 Å². The number of ether oxygens (including phenoxy) is 2. The fourth-order valence-corrected chi connectivity index (χ4v) is 3.90. The molecule has 9 nitrogen and oxygen atoms in total. The Balaban J connectivity index is 2.04. The highest BCUT2D eigenvalue weighted by Crippen LogP contribution is 2.13. The van der Waals surface area contributed by atoms with Gasteiger partial charge in [0.25, 0.3) is 11.5 Å². The number of fused-ring (bicyclic) bond motifs is 2. The van der Waals surface area contributed by atoms with Gasteiger partial charge < -0.3 is 14.0 Å². The van der Waals surface area contributed by atoms with Gasteiger partial charge in [-0.1, -0.05) is 23.8 Å². The van der Waals surface area contributed by atoms with Crippen LogP contribution in [0, 0.1) is 6.92 Å². The van der Waals surface area contributed by atoms with E-state index in [4.69, 9.17) is 14.5 Å². The molecule has 0 saturated heterocycles. The highest BCUT2D eigenvalue weighted by Gasteiger charge is 2.20. The molecular formula is C27H28N4O5. The topological polar surface area (TPSA) is 104 Å². The van der Waals surface area contributed by atoms with Crippen LogP contribution in [0.4, 0.5) is 0 Å². The molecule has 0 bridgehead atoms. The summed E-state index contributed by atoms with van der Waals surface area (Å²) < 4.78 is 13.8. The Labute approximate surface area is 207 Å². The number of aromatic nitrogens is 3. The van der Waals surface area contributed by atoms with Crippen molar-refractivity contribution in [1.82, 2.24) is 14.0 Å². The minimum Gasteiger partial charge on any atom is -0.462 e. The number of pyridine rings is 2. The molecule has 3 aromatic heterocycles. The number of aryl methyl sites for hydroxylation is 2. The van der Waals surface area contributed by atoms with Crippen LogP contribution in [0.2, 0.25) is 0 Å². The Morgan fingerprint density at radius 2 is 1.83 bits per heavy atom. The first-order valence-electron chi connectivity index (χ1n) is 11.9. The van der Waals surface area contributed by atoms with Crippen molar-refractivity contribution in [3.05, 3.63) is 87.3 Å². The van der Waals surface area contributed by atoms with Crippen LogP contribution >= 0.6 is 0 Å². The van der Waals surface area contributed by atoms with Crippen molar-refractivity contribution >= 4 is 28.6 Å². The van der Waals surface area contributed by atoms with Gasteiger partial charge in [0.05, 0.1) is 12.0 Å². The van der Waals surface area contributed by atoms with Crippen LogP contribution in [-0.4, -0.2) is 45.6 Å². The van der Waals surface area contributed by atoms with Gasteiger partial charge in [-0.3, -0.25) is 14.0 Å². The second-order valence-corrected chi connectivity index (χ2v) is 8.17. The lowest BCUT2D eigenvalue weighted by Crippen LogP contribution is -2.33. The minimum absolute atomic E-state index is 0.0241. The van der Waals surface area contributed by atoms with Gasteiger partial charge in [-0.2, -0.15) is 4.99 Å². The number of hydrogen-bond acceptors (Lipinski definition) is 6. The zero-order chi connectivity index (χ0) is 25.7. The van der Waals surface area contributed by atoms with Crippen LogP contribution in [0.25, 0.3) is 16.7 Å². The maximum atomic E-state index is 13.4. The second-order valence-electron chi connectivity index (χ2n) is 8.17. The molecule has 1 amide bonds. The first kappa shape index (κ1) is 25.0. The molecule has 36 heavy (non-hydrogen) atoms. The number of carbonyl (C=O) groups excluding carboxylic acids is 2. The van der Waals surface area contributed by atoms with Gasteiger partial charge in [0.1, 0.15) is 16.9 Å². The van der Waals surface area contributed by atoms with Gasteiger partial charge in [-0.15, -0.1) is 0 Å². The van der Waals surface area contributed by atoms with E-state index in [2.05, 4.69) is 4.99 Å². The first-order chi connectivity index (χ1) is 17.4. The molecule has 0 radical (unpaired) electrons. The summed E-state index contributed by atoms with van der Waals surface area (Å²) in [6.07, 6.45) is 2.17. The average molecular weight is 489 g/mol. The second kappa shape index (κ2) is 11.1. The van der Waals surface area contributed by atoms with E-state index in [9.17, 15) is 14.4 Å². The molecule has 0 saturated carbocycles. The molecule has 186 valence electrons. The van der Waals surface area contributed by atoms with E-state index in [1.807, 2.05) is 26.0 Å². The third-order valence-electron chi connectivity index (χ3n) is 5.67. The fraction of sp³-hybridized carbons (Fsp3) is 0.296. The maximum absolute atomic E-state index is 13.4. The predicted molar refractivity (Wildman–Crippen MR) is 135 cm³/mol. The highest BCUT2D eigenvalue weighted by atomic mass is 16.5. The van der Waals surface area contributed by atoms with Crippen molar-refractivity contribution in [3.8, 4) is 0 Å². The Morgan fingerprint density at radius 1 is 1.06 bits per heavy atom. The van der Waals surface area contributed by atoms with Crippen molar-refractivity contribution in [1.29, 1.82) is 0 Å². The normalized spacial score (nSPS) is 11.8. The summed E-state index contributed by atoms with van der Waals surface area (Å²) in [5.74, 6) is -1.19. The summed E-state index contributed by atoms with van der Waals surface area (Å²) in [6.45, 7) is 6.97. The quantitative estimate of drug-likeness (QED) is 0.214. The molecule has 0 aliphatic carbocycles. The molecule has 1 aromatic carbocycles. The summed E-state index contributed by atoms with van der Waals surface area (Å²) in [6, 6.07) is 13.7. The van der Waals surface area contributed by atoms with E-state index in [-0.39, 0.29) is 28.6 Å². The first-order valence-corrected chi connectivity index (χ1v) is 11.9. The SMILES string of the molecule is CCOCCCn1c(=NC(=O)c2ccc(C)cc2)c(C(=O)OCC)cc2c(=O)n3ccccc3nc21. The molecule has 3 heterocycles. The zero-order valence-corrected chi connectivity index (χ0v) is 20.6. The standard InChI is InChI=1S/C27H28N4O5/c1-4-35-16-8-15-31-23-20(26(33)30-14-7-6-9-22(30)28-23)17-21(27(34)36-5-2)24(31)29-25(32)19-12-10-18(3)11-13-19/h6-7,9-14,17H,4-5,8,15-16H2,1-3H3. The molecule has 0 fully saturated rings. The maximum Gasteiger partial charge on any atom is 0.341 e. The molecule has 4 aromatic rings. The third kappa shape index (κ3) is 5.11. The summed E-state index contributed by atoms with van der Waals surface area (Å²) in [7, 11) is 0. The Kier molecular flexibility index (Phi) is 7.70.